The highest BCUT2D eigenvalue weighted by molar-refractivity contribution is 8.00. The number of hydrogen-bond acceptors (Lipinski definition) is 4. The van der Waals surface area contributed by atoms with Crippen molar-refractivity contribution in [2.75, 3.05) is 0 Å². The smallest absolute Gasteiger partial charge is 0.353 e. The first-order valence-corrected chi connectivity index (χ1v) is 10.1. The van der Waals surface area contributed by atoms with E-state index < -0.39 is 5.63 Å². The van der Waals surface area contributed by atoms with Crippen LogP contribution in [0.1, 0.15) is 43.2 Å². The third-order valence-electron chi connectivity index (χ3n) is 5.03. The van der Waals surface area contributed by atoms with Gasteiger partial charge in [-0.3, -0.25) is 0 Å². The summed E-state index contributed by atoms with van der Waals surface area (Å²) >= 11 is 1.49. The van der Waals surface area contributed by atoms with E-state index >= 15 is 0 Å². The Labute approximate surface area is 157 Å². The molecule has 3 nitrogen and oxygen atoms in total. The number of hydrogen-bond donors (Lipinski definition) is 1. The van der Waals surface area contributed by atoms with Gasteiger partial charge in [-0.05, 0) is 36.5 Å². The summed E-state index contributed by atoms with van der Waals surface area (Å²) < 4.78 is 5.56. The normalized spacial score (nSPS) is 15.4. The van der Waals surface area contributed by atoms with Crippen LogP contribution in [0, 0.1) is 0 Å². The first kappa shape index (κ1) is 17.2. The van der Waals surface area contributed by atoms with E-state index in [4.69, 9.17) is 4.42 Å². The van der Waals surface area contributed by atoms with Crippen molar-refractivity contribution in [2.45, 2.75) is 48.7 Å². The zero-order valence-corrected chi connectivity index (χ0v) is 15.4. The molecular formula is C22H22O3S. The Morgan fingerprint density at radius 3 is 2.54 bits per heavy atom. The van der Waals surface area contributed by atoms with Crippen LogP contribution in [-0.4, -0.2) is 10.4 Å². The molecule has 1 saturated carbocycles. The van der Waals surface area contributed by atoms with E-state index in [0.717, 1.165) is 24.0 Å². The van der Waals surface area contributed by atoms with Gasteiger partial charge in [0, 0.05) is 5.25 Å². The quantitative estimate of drug-likeness (QED) is 0.618. The first-order chi connectivity index (χ1) is 12.7. The first-order valence-electron chi connectivity index (χ1n) is 9.20. The lowest BCUT2D eigenvalue weighted by Gasteiger charge is -2.21. The summed E-state index contributed by atoms with van der Waals surface area (Å²) in [5.41, 5.74) is 2.16. The van der Waals surface area contributed by atoms with Gasteiger partial charge in [-0.2, -0.15) is 0 Å². The molecule has 0 unspecified atom stereocenters. The highest BCUT2D eigenvalue weighted by atomic mass is 32.2. The summed E-state index contributed by atoms with van der Waals surface area (Å²) in [5, 5.41) is 12.0. The summed E-state index contributed by atoms with van der Waals surface area (Å²) in [5.74, 6) is 0.0818. The second-order valence-corrected chi connectivity index (χ2v) is 8.21. The highest BCUT2D eigenvalue weighted by Gasteiger charge is 2.22. The lowest BCUT2D eigenvalue weighted by Crippen LogP contribution is -2.12. The molecule has 134 valence electrons. The average Bonchev–Trinajstić information content (AvgIpc) is 2.67. The molecule has 0 amide bonds. The molecule has 1 N–H and O–H groups in total. The summed E-state index contributed by atoms with van der Waals surface area (Å²) in [4.78, 5) is 12.8. The van der Waals surface area contributed by atoms with Gasteiger partial charge in [0.1, 0.15) is 16.2 Å². The van der Waals surface area contributed by atoms with Gasteiger partial charge in [0.2, 0.25) is 0 Å². The minimum atomic E-state index is -0.428. The van der Waals surface area contributed by atoms with Gasteiger partial charge in [-0.25, -0.2) is 4.79 Å². The van der Waals surface area contributed by atoms with Gasteiger partial charge < -0.3 is 9.52 Å². The topological polar surface area (TPSA) is 50.4 Å². The van der Waals surface area contributed by atoms with Crippen molar-refractivity contribution in [1.29, 1.82) is 0 Å². The minimum Gasteiger partial charge on any atom is -0.506 e. The van der Waals surface area contributed by atoms with Crippen LogP contribution in [0.4, 0.5) is 0 Å². The summed E-state index contributed by atoms with van der Waals surface area (Å²) in [6, 6.07) is 15.7. The summed E-state index contributed by atoms with van der Waals surface area (Å²) in [6.45, 7) is 0. The maximum absolute atomic E-state index is 12.4. The number of rotatable bonds is 4. The van der Waals surface area contributed by atoms with E-state index in [1.807, 2.05) is 30.3 Å². The Morgan fingerprint density at radius 1 is 1.00 bits per heavy atom. The molecule has 1 heterocycles. The molecule has 2 aromatic carbocycles. The molecular weight excluding hydrogens is 344 g/mol. The lowest BCUT2D eigenvalue weighted by atomic mass is 10.0. The Morgan fingerprint density at radius 2 is 1.77 bits per heavy atom. The van der Waals surface area contributed by atoms with Crippen LogP contribution in [0.15, 0.2) is 62.6 Å². The fourth-order valence-electron chi connectivity index (χ4n) is 3.70. The van der Waals surface area contributed by atoms with Crippen molar-refractivity contribution in [2.24, 2.45) is 0 Å². The fourth-order valence-corrected chi connectivity index (χ4v) is 4.96. The third kappa shape index (κ3) is 3.51. The number of thioether (sulfide) groups is 1. The molecule has 26 heavy (non-hydrogen) atoms. The Balaban J connectivity index is 1.76. The van der Waals surface area contributed by atoms with Crippen LogP contribution in [0.2, 0.25) is 0 Å². The van der Waals surface area contributed by atoms with Gasteiger partial charge in [-0.15, -0.1) is 11.8 Å². The molecule has 0 aliphatic heterocycles. The van der Waals surface area contributed by atoms with Crippen LogP contribution in [0.25, 0.3) is 11.0 Å². The highest BCUT2D eigenvalue weighted by Crippen LogP contribution is 2.40. The van der Waals surface area contributed by atoms with Crippen molar-refractivity contribution in [3.63, 3.8) is 0 Å². The lowest BCUT2D eigenvalue weighted by molar-refractivity contribution is 0.445. The van der Waals surface area contributed by atoms with Crippen LogP contribution in [0.5, 0.6) is 5.75 Å². The third-order valence-corrected chi connectivity index (χ3v) is 6.43. The monoisotopic (exact) mass is 366 g/mol. The van der Waals surface area contributed by atoms with Gasteiger partial charge in [0.15, 0.2) is 0 Å². The molecule has 1 fully saturated rings. The SMILES string of the molecule is O=c1oc2cccc(Cc3ccccc3)c2c(O)c1SC1CCCCC1. The van der Waals surface area contributed by atoms with E-state index in [9.17, 15) is 9.90 Å². The molecule has 0 atom stereocenters. The van der Waals surface area contributed by atoms with E-state index in [-0.39, 0.29) is 5.75 Å². The summed E-state index contributed by atoms with van der Waals surface area (Å²) in [6.07, 6.45) is 6.51. The van der Waals surface area contributed by atoms with Crippen molar-refractivity contribution in [3.8, 4) is 5.75 Å². The standard InChI is InChI=1S/C22H22O3S/c23-20-19-16(14-15-8-3-1-4-9-15)10-7-13-18(19)25-22(24)21(20)26-17-11-5-2-6-12-17/h1,3-4,7-10,13,17,23H,2,5-6,11-12,14H2. The van der Waals surface area contributed by atoms with Crippen LogP contribution < -0.4 is 5.63 Å². The Kier molecular flexibility index (Phi) is 5.02. The largest absolute Gasteiger partial charge is 0.506 e. The van der Waals surface area contributed by atoms with Crippen LogP contribution in [0.3, 0.4) is 0 Å². The van der Waals surface area contributed by atoms with E-state index in [1.54, 1.807) is 6.07 Å². The maximum Gasteiger partial charge on any atom is 0.353 e. The second kappa shape index (κ2) is 7.58. The molecule has 1 aliphatic carbocycles. The van der Waals surface area contributed by atoms with Crippen molar-refractivity contribution in [1.82, 2.24) is 0 Å². The maximum atomic E-state index is 12.4. The van der Waals surface area contributed by atoms with Crippen molar-refractivity contribution < 1.29 is 9.52 Å². The second-order valence-electron chi connectivity index (χ2n) is 6.90. The van der Waals surface area contributed by atoms with E-state index in [2.05, 4.69) is 12.1 Å². The van der Waals surface area contributed by atoms with Gasteiger partial charge >= 0.3 is 5.63 Å². The van der Waals surface area contributed by atoms with Gasteiger partial charge in [-0.1, -0.05) is 61.7 Å². The molecule has 4 rings (SSSR count). The number of aromatic hydroxyl groups is 1. The molecule has 4 heteroatoms. The molecule has 1 aliphatic rings. The van der Waals surface area contributed by atoms with Gasteiger partial charge in [0.25, 0.3) is 0 Å². The minimum absolute atomic E-state index is 0.0818. The molecule has 0 radical (unpaired) electrons. The van der Waals surface area contributed by atoms with E-state index in [0.29, 0.717) is 27.5 Å². The zero-order valence-electron chi connectivity index (χ0n) is 14.6. The van der Waals surface area contributed by atoms with Crippen molar-refractivity contribution >= 4 is 22.7 Å². The zero-order chi connectivity index (χ0) is 17.9. The average molecular weight is 366 g/mol. The molecule has 0 bridgehead atoms. The number of fused-ring (bicyclic) bond motifs is 1. The number of benzene rings is 2. The van der Waals surface area contributed by atoms with E-state index in [1.165, 1.54) is 31.0 Å². The summed E-state index contributed by atoms with van der Waals surface area (Å²) in [7, 11) is 0. The van der Waals surface area contributed by atoms with Crippen molar-refractivity contribution in [3.05, 3.63) is 70.1 Å². The predicted octanol–water partition coefficient (Wildman–Crippen LogP) is 5.51. The molecule has 1 aromatic heterocycles. The van der Waals surface area contributed by atoms with Crippen LogP contribution in [-0.2, 0) is 6.42 Å². The predicted molar refractivity (Wildman–Crippen MR) is 106 cm³/mol. The van der Waals surface area contributed by atoms with Crippen LogP contribution >= 0.6 is 11.8 Å². The Hall–Kier alpha value is -2.20. The Bertz CT molecular complexity index is 956. The van der Waals surface area contributed by atoms with Gasteiger partial charge in [0.05, 0.1) is 5.39 Å². The molecule has 0 saturated heterocycles. The fraction of sp³-hybridized carbons (Fsp3) is 0.318. The molecule has 0 spiro atoms. The molecule has 3 aromatic rings.